The smallest absolute Gasteiger partial charge is 0.164 e. The Morgan fingerprint density at radius 3 is 1.36 bits per heavy atom. The molecule has 0 unspecified atom stereocenters. The largest absolute Gasteiger partial charge is 0.309 e. The van der Waals surface area contributed by atoms with Crippen molar-refractivity contribution in [3.63, 3.8) is 0 Å². The Kier molecular flexibility index (Phi) is 8.60. The number of fused-ring (bicyclic) bond motifs is 14. The molecule has 70 heavy (non-hydrogen) atoms. The predicted octanol–water partition coefficient (Wildman–Crippen LogP) is 16.9. The summed E-state index contributed by atoms with van der Waals surface area (Å²) >= 11 is 3.74. The molecule has 0 amide bonds. The van der Waals surface area contributed by atoms with Gasteiger partial charge in [-0.05, 0) is 48.5 Å². The number of benzene rings is 9. The Hall–Kier alpha value is -8.82. The quantitative estimate of drug-likeness (QED) is 0.167. The molecule has 0 aliphatic rings. The molecule has 0 radical (unpaired) electrons. The van der Waals surface area contributed by atoms with Crippen LogP contribution >= 0.6 is 22.7 Å². The van der Waals surface area contributed by atoms with Gasteiger partial charge in [-0.3, -0.25) is 4.98 Å². The molecule has 0 bridgehead atoms. The maximum absolute atomic E-state index is 5.24. The Labute approximate surface area is 408 Å². The third-order valence-electron chi connectivity index (χ3n) is 13.9. The van der Waals surface area contributed by atoms with E-state index >= 15 is 0 Å². The van der Waals surface area contributed by atoms with Crippen molar-refractivity contribution in [1.29, 1.82) is 0 Å². The molecule has 15 aromatic rings. The molecule has 0 saturated heterocycles. The van der Waals surface area contributed by atoms with Crippen LogP contribution in [0.5, 0.6) is 0 Å². The monoisotopic (exact) mass is 928 g/mol. The molecule has 0 fully saturated rings. The fourth-order valence-electron chi connectivity index (χ4n) is 10.8. The number of para-hydroxylation sites is 2. The molecule has 15 rings (SSSR count). The van der Waals surface area contributed by atoms with Crippen LogP contribution in [0.3, 0.4) is 0 Å². The minimum absolute atomic E-state index is 0.592. The highest BCUT2D eigenvalue weighted by molar-refractivity contribution is 7.27. The molecular weight excluding hydrogens is 893 g/mol. The molecule has 6 nitrogen and oxygen atoms in total. The molecular formula is C62H36N6S2. The van der Waals surface area contributed by atoms with E-state index in [1.165, 1.54) is 61.9 Å². The number of hydrogen-bond donors (Lipinski definition) is 0. The van der Waals surface area contributed by atoms with Crippen LogP contribution in [0.4, 0.5) is 0 Å². The van der Waals surface area contributed by atoms with Crippen molar-refractivity contribution in [2.24, 2.45) is 0 Å². The van der Waals surface area contributed by atoms with Gasteiger partial charge in [-0.2, -0.15) is 0 Å². The summed E-state index contributed by atoms with van der Waals surface area (Å²) < 4.78 is 10.0. The van der Waals surface area contributed by atoms with E-state index in [1.807, 2.05) is 71.5 Å². The first-order valence-corrected chi connectivity index (χ1v) is 25.0. The van der Waals surface area contributed by atoms with Crippen LogP contribution in [0.2, 0.25) is 0 Å². The van der Waals surface area contributed by atoms with Crippen LogP contribution < -0.4 is 0 Å². The zero-order valence-electron chi connectivity index (χ0n) is 37.3. The molecule has 9 aromatic carbocycles. The number of hydrogen-bond acceptors (Lipinski definition) is 6. The minimum Gasteiger partial charge on any atom is -0.309 e. The molecule has 6 heterocycles. The van der Waals surface area contributed by atoms with Crippen molar-refractivity contribution < 1.29 is 0 Å². The first-order valence-electron chi connectivity index (χ1n) is 23.4. The van der Waals surface area contributed by atoms with Crippen LogP contribution in [-0.2, 0) is 0 Å². The van der Waals surface area contributed by atoms with Crippen LogP contribution in [0, 0.1) is 0 Å². The number of rotatable bonds is 6. The summed E-state index contributed by atoms with van der Waals surface area (Å²) in [5.74, 6) is 1.83. The normalized spacial score (nSPS) is 12.0. The summed E-state index contributed by atoms with van der Waals surface area (Å²) in [6.07, 6.45) is 3.96. The van der Waals surface area contributed by atoms with E-state index in [0.717, 1.165) is 61.3 Å². The fourth-order valence-corrected chi connectivity index (χ4v) is 13.3. The maximum atomic E-state index is 5.24. The van der Waals surface area contributed by atoms with E-state index in [9.17, 15) is 0 Å². The third-order valence-corrected chi connectivity index (χ3v) is 16.3. The number of thiophene rings is 2. The average molecular weight is 929 g/mol. The van der Waals surface area contributed by atoms with Gasteiger partial charge in [-0.15, -0.1) is 22.7 Å². The molecule has 0 aliphatic heterocycles. The molecule has 0 N–H and O–H groups in total. The van der Waals surface area contributed by atoms with Gasteiger partial charge in [0.05, 0.1) is 33.4 Å². The van der Waals surface area contributed by atoms with E-state index in [1.54, 1.807) is 0 Å². The van der Waals surface area contributed by atoms with Crippen molar-refractivity contribution in [1.82, 2.24) is 29.1 Å². The summed E-state index contributed by atoms with van der Waals surface area (Å²) in [7, 11) is 0. The van der Waals surface area contributed by atoms with Crippen molar-refractivity contribution in [3.8, 4) is 56.7 Å². The second-order valence-corrected chi connectivity index (χ2v) is 19.8. The number of nitrogens with zero attached hydrogens (tertiary/aromatic N) is 6. The van der Waals surface area contributed by atoms with Gasteiger partial charge in [0.25, 0.3) is 0 Å². The predicted molar refractivity (Wildman–Crippen MR) is 294 cm³/mol. The standard InChI is InChI=1S/C62H36N6S2/c1-3-15-37(16-4-1)60-64-61(38-17-5-2-6-18-38)66-62(65-60)39-27-28-40(53(35-39)68-49-24-12-8-22-46(49)57-52(68)32-30-44-42-20-10-14-26-55(42)70-59(44)57)47-36-63-34-33-50(47)67-48-23-11-7-21-45(48)56-51(67)31-29-43-41-19-9-13-25-54(41)69-58(43)56/h1-36H. The highest BCUT2D eigenvalue weighted by Crippen LogP contribution is 2.48. The molecule has 0 aliphatic carbocycles. The van der Waals surface area contributed by atoms with E-state index in [4.69, 9.17) is 19.9 Å². The highest BCUT2D eigenvalue weighted by Gasteiger charge is 2.25. The molecule has 8 heteroatoms. The van der Waals surface area contributed by atoms with Crippen molar-refractivity contribution >= 4 is 107 Å². The van der Waals surface area contributed by atoms with E-state index in [-0.39, 0.29) is 0 Å². The first-order chi connectivity index (χ1) is 34.7. The highest BCUT2D eigenvalue weighted by atomic mass is 32.1. The zero-order valence-corrected chi connectivity index (χ0v) is 38.9. The molecule has 0 spiro atoms. The average Bonchev–Trinajstić information content (AvgIpc) is 4.19. The second kappa shape index (κ2) is 15.3. The summed E-state index contributed by atoms with van der Waals surface area (Å²) in [5.41, 5.74) is 11.3. The van der Waals surface area contributed by atoms with E-state index in [2.05, 4.69) is 179 Å². The van der Waals surface area contributed by atoms with Gasteiger partial charge in [0.1, 0.15) is 0 Å². The fraction of sp³-hybridized carbons (Fsp3) is 0. The lowest BCUT2D eigenvalue weighted by Gasteiger charge is -2.19. The van der Waals surface area contributed by atoms with Crippen LogP contribution in [-0.4, -0.2) is 29.1 Å². The molecule has 0 saturated carbocycles. The van der Waals surface area contributed by atoms with Crippen molar-refractivity contribution in [2.75, 3.05) is 0 Å². The van der Waals surface area contributed by atoms with E-state index < -0.39 is 0 Å². The van der Waals surface area contributed by atoms with Crippen molar-refractivity contribution in [2.45, 2.75) is 0 Å². The van der Waals surface area contributed by atoms with Gasteiger partial charge in [0, 0.05) is 102 Å². The van der Waals surface area contributed by atoms with Gasteiger partial charge >= 0.3 is 0 Å². The Morgan fingerprint density at radius 1 is 0.329 bits per heavy atom. The van der Waals surface area contributed by atoms with Gasteiger partial charge in [-0.25, -0.2) is 15.0 Å². The molecule has 326 valence electrons. The van der Waals surface area contributed by atoms with Gasteiger partial charge in [-0.1, -0.05) is 158 Å². The second-order valence-electron chi connectivity index (χ2n) is 17.7. The van der Waals surface area contributed by atoms with Gasteiger partial charge in [0.2, 0.25) is 0 Å². The van der Waals surface area contributed by atoms with Crippen LogP contribution in [0.1, 0.15) is 0 Å². The van der Waals surface area contributed by atoms with Crippen molar-refractivity contribution in [3.05, 3.63) is 219 Å². The topological polar surface area (TPSA) is 61.4 Å². The lowest BCUT2D eigenvalue weighted by molar-refractivity contribution is 1.07. The Balaban J connectivity index is 1.04. The lowest BCUT2D eigenvalue weighted by atomic mass is 10.00. The van der Waals surface area contributed by atoms with Crippen LogP contribution in [0.15, 0.2) is 219 Å². The Bertz CT molecular complexity index is 4540. The molecule has 6 aromatic heterocycles. The SMILES string of the molecule is c1ccc(-c2nc(-c3ccccc3)nc(-c3ccc(-c4cnccc4-n4c5ccccc5c5c6sc7ccccc7c6ccc54)c(-n4c5ccccc5c5c6sc7ccccc7c6ccc54)c3)n2)cc1. The number of pyridine rings is 1. The summed E-state index contributed by atoms with van der Waals surface area (Å²) in [6, 6.07) is 73.6. The van der Waals surface area contributed by atoms with Crippen LogP contribution in [0.25, 0.3) is 141 Å². The Morgan fingerprint density at radius 2 is 0.800 bits per heavy atom. The summed E-state index contributed by atoms with van der Waals surface area (Å²) in [4.78, 5) is 20.4. The minimum atomic E-state index is 0.592. The zero-order chi connectivity index (χ0) is 45.9. The summed E-state index contributed by atoms with van der Waals surface area (Å²) in [6.45, 7) is 0. The number of aromatic nitrogens is 6. The van der Waals surface area contributed by atoms with Gasteiger partial charge in [0.15, 0.2) is 17.5 Å². The lowest BCUT2D eigenvalue weighted by Crippen LogP contribution is -2.04. The third kappa shape index (κ3) is 5.84. The van der Waals surface area contributed by atoms with Gasteiger partial charge < -0.3 is 9.13 Å². The first kappa shape index (κ1) is 39.2. The van der Waals surface area contributed by atoms with E-state index in [0.29, 0.717) is 17.5 Å². The molecule has 0 atom stereocenters. The summed E-state index contributed by atoms with van der Waals surface area (Å²) in [5, 5.41) is 10.1. The maximum Gasteiger partial charge on any atom is 0.164 e.